The van der Waals surface area contributed by atoms with Crippen LogP contribution in [-0.4, -0.2) is 54.1 Å². The van der Waals surface area contributed by atoms with Gasteiger partial charge in [-0.05, 0) is 25.2 Å². The van der Waals surface area contributed by atoms with Crippen molar-refractivity contribution in [2.45, 2.75) is 6.54 Å². The van der Waals surface area contributed by atoms with Gasteiger partial charge in [-0.1, -0.05) is 30.3 Å². The second-order valence-electron chi connectivity index (χ2n) is 7.74. The van der Waals surface area contributed by atoms with Crippen LogP contribution in [0, 0.1) is 0 Å². The number of rotatable bonds is 3. The Kier molecular flexibility index (Phi) is 4.70. The van der Waals surface area contributed by atoms with E-state index >= 15 is 0 Å². The number of para-hydroxylation sites is 1. The van der Waals surface area contributed by atoms with Crippen molar-refractivity contribution in [3.63, 3.8) is 0 Å². The molecule has 5 rings (SSSR count). The number of piperazine rings is 1. The van der Waals surface area contributed by atoms with Crippen LogP contribution < -0.4 is 10.9 Å². The van der Waals surface area contributed by atoms with Crippen LogP contribution in [0.25, 0.3) is 31.2 Å². The summed E-state index contributed by atoms with van der Waals surface area (Å²) in [7, 11) is 2.15. The summed E-state index contributed by atoms with van der Waals surface area (Å²) in [6.45, 7) is 5.75. The Labute approximate surface area is 172 Å². The van der Waals surface area contributed by atoms with Crippen LogP contribution >= 0.6 is 11.3 Å². The predicted molar refractivity (Wildman–Crippen MR) is 121 cm³/mol. The lowest BCUT2D eigenvalue weighted by molar-refractivity contribution is 0.151. The first kappa shape index (κ1) is 18.5. The normalized spacial score (nSPS) is 16.2. The molecule has 1 aliphatic rings. The second-order valence-corrected chi connectivity index (χ2v) is 8.83. The highest BCUT2D eigenvalue weighted by molar-refractivity contribution is 7.24. The van der Waals surface area contributed by atoms with E-state index in [9.17, 15) is 9.59 Å². The molecule has 1 aromatic heterocycles. The van der Waals surface area contributed by atoms with Crippen molar-refractivity contribution in [3.8, 4) is 0 Å². The third kappa shape index (κ3) is 3.17. The van der Waals surface area contributed by atoms with Crippen molar-refractivity contribution in [1.29, 1.82) is 0 Å². The van der Waals surface area contributed by atoms with Gasteiger partial charge in [0.2, 0.25) is 5.43 Å². The van der Waals surface area contributed by atoms with Crippen LogP contribution in [0.1, 0.15) is 0 Å². The van der Waals surface area contributed by atoms with E-state index in [2.05, 4.69) is 33.5 Å². The molecular formula is C23H23N3O2S. The van der Waals surface area contributed by atoms with Gasteiger partial charge in [0.15, 0.2) is 0 Å². The summed E-state index contributed by atoms with van der Waals surface area (Å²) in [4.78, 5) is 30.0. The molecule has 0 spiro atoms. The van der Waals surface area contributed by atoms with Crippen LogP contribution in [0.3, 0.4) is 0 Å². The summed E-state index contributed by atoms with van der Waals surface area (Å²) < 4.78 is 4.21. The van der Waals surface area contributed by atoms with Gasteiger partial charge < -0.3 is 9.47 Å². The lowest BCUT2D eigenvalue weighted by atomic mass is 10.1. The molecule has 0 bridgehead atoms. The molecule has 0 N–H and O–H groups in total. The molecule has 6 heteroatoms. The van der Waals surface area contributed by atoms with E-state index in [4.69, 9.17) is 0 Å². The number of fused-ring (bicyclic) bond motifs is 4. The van der Waals surface area contributed by atoms with Gasteiger partial charge in [0.1, 0.15) is 5.52 Å². The summed E-state index contributed by atoms with van der Waals surface area (Å²) in [5, 5.41) is 1.45. The van der Waals surface area contributed by atoms with Gasteiger partial charge >= 0.3 is 0 Å². The molecule has 1 aliphatic heterocycles. The quantitative estimate of drug-likeness (QED) is 0.492. The highest BCUT2D eigenvalue weighted by Gasteiger charge is 2.20. The Morgan fingerprint density at radius 3 is 2.31 bits per heavy atom. The summed E-state index contributed by atoms with van der Waals surface area (Å²) in [6, 6.07) is 16.1. The van der Waals surface area contributed by atoms with Crippen molar-refractivity contribution >= 4 is 42.5 Å². The number of likely N-dealkylation sites (N-methyl/N-ethyl adjacent to an activating group) is 1. The first-order valence-electron chi connectivity index (χ1n) is 10.0. The highest BCUT2D eigenvalue weighted by Crippen LogP contribution is 2.29. The van der Waals surface area contributed by atoms with Crippen LogP contribution in [0.4, 0.5) is 0 Å². The first-order chi connectivity index (χ1) is 14.1. The molecule has 0 radical (unpaired) electrons. The van der Waals surface area contributed by atoms with E-state index in [1.165, 1.54) is 0 Å². The molecule has 148 valence electrons. The SMILES string of the molecule is CN1CCN(CCn2c3ccccc3sc3ccccc3c3c(=O)c(=O)c32)CC1. The van der Waals surface area contributed by atoms with Crippen LogP contribution in [0.2, 0.25) is 0 Å². The number of benzene rings is 2. The smallest absolute Gasteiger partial charge is 0.250 e. The molecule has 0 aliphatic carbocycles. The molecule has 0 saturated carbocycles. The van der Waals surface area contributed by atoms with Crippen molar-refractivity contribution in [1.82, 2.24) is 14.4 Å². The zero-order chi connectivity index (χ0) is 20.0. The van der Waals surface area contributed by atoms with Crippen LogP contribution in [-0.2, 0) is 6.54 Å². The molecule has 0 unspecified atom stereocenters. The van der Waals surface area contributed by atoms with E-state index in [-0.39, 0.29) is 10.9 Å². The number of hydrogen-bond donors (Lipinski definition) is 0. The molecule has 0 atom stereocenters. The van der Waals surface area contributed by atoms with Crippen LogP contribution in [0.15, 0.2) is 58.1 Å². The van der Waals surface area contributed by atoms with Crippen LogP contribution in [0.5, 0.6) is 0 Å². The van der Waals surface area contributed by atoms with Gasteiger partial charge in [0.25, 0.3) is 5.43 Å². The molecule has 3 aromatic carbocycles. The summed E-state index contributed by atoms with van der Waals surface area (Å²) in [5.74, 6) is 0. The third-order valence-electron chi connectivity index (χ3n) is 5.92. The molecule has 1 saturated heterocycles. The van der Waals surface area contributed by atoms with E-state index in [0.29, 0.717) is 17.4 Å². The molecule has 4 aromatic rings. The Balaban J connectivity index is 1.74. The Morgan fingerprint density at radius 1 is 0.828 bits per heavy atom. The maximum atomic E-state index is 12.7. The van der Waals surface area contributed by atoms with Gasteiger partial charge in [-0.15, -0.1) is 11.3 Å². The van der Waals surface area contributed by atoms with E-state index in [1.807, 2.05) is 36.4 Å². The van der Waals surface area contributed by atoms with E-state index in [0.717, 1.165) is 53.0 Å². The Morgan fingerprint density at radius 2 is 1.52 bits per heavy atom. The third-order valence-corrected chi connectivity index (χ3v) is 7.06. The lowest BCUT2D eigenvalue weighted by Crippen LogP contribution is -2.45. The molecule has 2 heterocycles. The summed E-state index contributed by atoms with van der Waals surface area (Å²) in [6.07, 6.45) is 0. The fourth-order valence-corrected chi connectivity index (χ4v) is 5.29. The fraction of sp³-hybridized carbons (Fsp3) is 0.304. The standard InChI is InChI=1S/C23H23N3O2S/c1-24-10-12-25(13-11-24)14-15-26-17-7-3-5-9-19(17)29-18-8-4-2-6-16(18)20-21(26)23(28)22(20)27/h2-9H,10-15H2,1H3. The summed E-state index contributed by atoms with van der Waals surface area (Å²) in [5.41, 5.74) is 0.839. The van der Waals surface area contributed by atoms with Crippen molar-refractivity contribution in [2.75, 3.05) is 39.8 Å². The Hall–Kier alpha value is -2.54. The highest BCUT2D eigenvalue weighted by atomic mass is 32.1. The van der Waals surface area contributed by atoms with Gasteiger partial charge in [0.05, 0.1) is 15.6 Å². The average molecular weight is 406 g/mol. The molecule has 1 fully saturated rings. The minimum absolute atomic E-state index is 0.364. The maximum absolute atomic E-state index is 12.7. The largest absolute Gasteiger partial charge is 0.335 e. The summed E-state index contributed by atoms with van der Waals surface area (Å²) >= 11 is 1.67. The second kappa shape index (κ2) is 7.37. The number of nitrogens with zero attached hydrogens (tertiary/aromatic N) is 3. The molecule has 29 heavy (non-hydrogen) atoms. The zero-order valence-electron chi connectivity index (χ0n) is 16.4. The Bertz CT molecular complexity index is 1330. The number of aromatic nitrogens is 1. The predicted octanol–water partition coefficient (Wildman–Crippen LogP) is 2.98. The average Bonchev–Trinajstić information content (AvgIpc) is 2.74. The fourth-order valence-electron chi connectivity index (χ4n) is 4.20. The zero-order valence-corrected chi connectivity index (χ0v) is 17.2. The topological polar surface area (TPSA) is 45.5 Å². The maximum Gasteiger partial charge on any atom is 0.250 e. The van der Waals surface area contributed by atoms with Gasteiger partial charge in [-0.25, -0.2) is 0 Å². The molecule has 5 nitrogen and oxygen atoms in total. The lowest BCUT2D eigenvalue weighted by Gasteiger charge is -2.32. The molecule has 0 amide bonds. The minimum Gasteiger partial charge on any atom is -0.335 e. The van der Waals surface area contributed by atoms with E-state index < -0.39 is 0 Å². The monoisotopic (exact) mass is 405 g/mol. The number of hydrogen-bond acceptors (Lipinski definition) is 5. The van der Waals surface area contributed by atoms with Crippen molar-refractivity contribution in [2.24, 2.45) is 0 Å². The van der Waals surface area contributed by atoms with Crippen molar-refractivity contribution in [3.05, 3.63) is 69.0 Å². The first-order valence-corrected chi connectivity index (χ1v) is 10.8. The molecular weight excluding hydrogens is 382 g/mol. The minimum atomic E-state index is -0.366. The van der Waals surface area contributed by atoms with E-state index in [1.54, 1.807) is 11.3 Å². The van der Waals surface area contributed by atoms with Gasteiger partial charge in [-0.2, -0.15) is 0 Å². The van der Waals surface area contributed by atoms with Gasteiger partial charge in [-0.3, -0.25) is 14.5 Å². The van der Waals surface area contributed by atoms with Gasteiger partial charge in [0, 0.05) is 49.4 Å². The van der Waals surface area contributed by atoms with Crippen molar-refractivity contribution < 1.29 is 0 Å².